The number of carbonyl (C=O) groups is 12. The number of nitrogens with one attached hydrogen (secondary N) is 8. The molecular weight excluding hydrogens is 1700 g/mol. The molecule has 2 aromatic heterocycles. The fraction of sp³-hybridized carbons (Fsp3) is 0.363. The quantitative estimate of drug-likeness (QED) is 0.0144. The van der Waals surface area contributed by atoms with Gasteiger partial charge in [-0.25, -0.2) is 13.6 Å². The number of carboxylic acids is 1. The minimum atomic E-state index is -5.00. The van der Waals surface area contributed by atoms with Gasteiger partial charge >= 0.3 is 18.3 Å². The van der Waals surface area contributed by atoms with Gasteiger partial charge in [0.05, 0.1) is 72.8 Å². The van der Waals surface area contributed by atoms with E-state index in [1.165, 1.54) is 30.3 Å². The number of amides is 11. The number of unbranched alkanes of at least 4 members (excludes halogenated alkanes) is 5. The molecule has 8 heterocycles. The smallest absolute Gasteiger partial charge is 0.417 e. The lowest BCUT2D eigenvalue weighted by Gasteiger charge is -2.44. The van der Waals surface area contributed by atoms with E-state index in [0.29, 0.717) is 118 Å². The lowest BCUT2D eigenvalue weighted by atomic mass is 9.97. The average molecular weight is 1790 g/mol. The van der Waals surface area contributed by atoms with Crippen LogP contribution in [0.2, 0.25) is 0 Å². The molecule has 4 fully saturated rings. The first-order valence-corrected chi connectivity index (χ1v) is 41.9. The van der Waals surface area contributed by atoms with Crippen molar-refractivity contribution in [3.05, 3.63) is 227 Å². The van der Waals surface area contributed by atoms with Crippen molar-refractivity contribution in [1.82, 2.24) is 45.5 Å². The number of carboxylic acid groups (broad SMARTS) is 1. The highest BCUT2D eigenvalue weighted by atomic mass is 19.4. The predicted molar refractivity (Wildman–Crippen MR) is 461 cm³/mol. The maximum Gasteiger partial charge on any atom is 0.417 e. The van der Waals surface area contributed by atoms with Crippen LogP contribution in [0.3, 0.4) is 0 Å². The molecule has 4 saturated heterocycles. The number of anilines is 5. The third kappa shape index (κ3) is 21.5. The lowest BCUT2D eigenvalue weighted by molar-refractivity contribution is -0.138. The number of aromatic amines is 2. The van der Waals surface area contributed by atoms with Gasteiger partial charge in [0.1, 0.15) is 23.7 Å². The summed E-state index contributed by atoms with van der Waals surface area (Å²) in [4.78, 5) is 189. The van der Waals surface area contributed by atoms with E-state index in [9.17, 15) is 103 Å². The lowest BCUT2D eigenvalue weighted by Crippen LogP contribution is -2.55. The van der Waals surface area contributed by atoms with Gasteiger partial charge in [-0.1, -0.05) is 43.2 Å². The molecule has 6 aliphatic heterocycles. The third-order valence-corrected chi connectivity index (χ3v) is 23.8. The fourth-order valence-corrected chi connectivity index (χ4v) is 16.5. The largest absolute Gasteiger partial charge is 0.478 e. The van der Waals surface area contributed by atoms with E-state index in [2.05, 4.69) is 51.7 Å². The number of rotatable bonds is 25. The Hall–Kier alpha value is -13.6. The van der Waals surface area contributed by atoms with Crippen LogP contribution in [0.25, 0.3) is 22.3 Å². The Labute approximate surface area is 733 Å². The van der Waals surface area contributed by atoms with E-state index >= 15 is 4.39 Å². The predicted octanol–water partition coefficient (Wildman–Crippen LogP) is 11.2. The summed E-state index contributed by atoms with van der Waals surface area (Å²) < 4.78 is 113. The van der Waals surface area contributed by atoms with Gasteiger partial charge in [0.15, 0.2) is 0 Å². The number of nitrogens with zero attached hydrogens (tertiary/aromatic N) is 6. The summed E-state index contributed by atoms with van der Waals surface area (Å²) in [5.41, 5.74) is 2.92. The summed E-state index contributed by atoms with van der Waals surface area (Å²) in [5.74, 6) is -9.64. The molecule has 6 atom stereocenters. The summed E-state index contributed by atoms with van der Waals surface area (Å²) in [7, 11) is 3.96. The number of imide groups is 4. The molecule has 0 aliphatic carbocycles. The highest BCUT2D eigenvalue weighted by Crippen LogP contribution is 2.41. The van der Waals surface area contributed by atoms with Crippen LogP contribution < -0.4 is 58.6 Å². The number of nitrogens with two attached hydrogens (primary N) is 1. The fourth-order valence-electron chi connectivity index (χ4n) is 16.5. The number of H-pyrrole nitrogens is 2. The number of hydrogen-bond donors (Lipinski definition) is 10. The van der Waals surface area contributed by atoms with Crippen molar-refractivity contribution in [2.45, 2.75) is 153 Å². The Kier molecular flexibility index (Phi) is 29.4. The zero-order valence-electron chi connectivity index (χ0n) is 71.0. The van der Waals surface area contributed by atoms with Crippen LogP contribution >= 0.6 is 0 Å². The Morgan fingerprint density at radius 3 is 1.37 bits per heavy atom. The molecule has 6 aromatic carbocycles. The number of carbonyl (C=O) groups excluding carboxylic acids is 11. The molecule has 0 saturated carbocycles. The number of pyridine rings is 2. The van der Waals surface area contributed by atoms with Crippen molar-refractivity contribution in [2.24, 2.45) is 5.73 Å². The van der Waals surface area contributed by atoms with Crippen LogP contribution in [-0.4, -0.2) is 202 Å². The van der Waals surface area contributed by atoms with Crippen molar-refractivity contribution in [2.75, 3.05) is 85.7 Å². The first-order chi connectivity index (χ1) is 61.2. The van der Waals surface area contributed by atoms with E-state index < -0.39 is 134 Å². The van der Waals surface area contributed by atoms with Gasteiger partial charge in [0.2, 0.25) is 34.7 Å². The molecule has 14 rings (SSSR count). The van der Waals surface area contributed by atoms with Crippen LogP contribution in [0.15, 0.2) is 143 Å². The monoisotopic (exact) mass is 1790 g/mol. The van der Waals surface area contributed by atoms with E-state index in [1.807, 2.05) is 57.7 Å². The number of alkyl halides is 6. The number of aryl methyl sites for hydroxylation is 1. The highest BCUT2D eigenvalue weighted by molar-refractivity contribution is 6.26. The minimum Gasteiger partial charge on any atom is -0.478 e. The third-order valence-electron chi connectivity index (χ3n) is 23.8. The molecule has 11 N–H and O–H groups in total. The van der Waals surface area contributed by atoms with Crippen LogP contribution in [0, 0.1) is 11.6 Å². The maximum absolute atomic E-state index is 15.5. The number of halogens is 8. The number of hydrogen-bond acceptors (Lipinski definition) is 20. The Bertz CT molecular complexity index is 5860. The van der Waals surface area contributed by atoms with Gasteiger partial charge in [-0.2, -0.15) is 26.3 Å². The molecule has 2 unspecified atom stereocenters. The molecule has 38 heteroatoms. The van der Waals surface area contributed by atoms with Gasteiger partial charge in [0.25, 0.3) is 41.4 Å². The molecule has 0 radical (unpaired) electrons. The second-order valence-electron chi connectivity index (χ2n) is 32.5. The summed E-state index contributed by atoms with van der Waals surface area (Å²) in [6.07, 6.45) is -1.72. The van der Waals surface area contributed by atoms with Crippen molar-refractivity contribution in [3.8, 4) is 22.3 Å². The van der Waals surface area contributed by atoms with Crippen molar-refractivity contribution in [1.29, 1.82) is 0 Å². The molecule has 6 aliphatic rings. The second-order valence-corrected chi connectivity index (χ2v) is 32.5. The summed E-state index contributed by atoms with van der Waals surface area (Å²) >= 11 is 0. The number of likely N-dealkylation sites (N-methyl/N-ethyl adjacent to an activating group) is 2. The number of aromatic carboxylic acids is 1. The second kappa shape index (κ2) is 40.1. The first kappa shape index (κ1) is 94.5. The van der Waals surface area contributed by atoms with Gasteiger partial charge in [-0.15, -0.1) is 0 Å². The first-order valence-electron chi connectivity index (χ1n) is 41.9. The molecular formula is C91H95F8N15O15. The van der Waals surface area contributed by atoms with E-state index in [-0.39, 0.29) is 118 Å². The highest BCUT2D eigenvalue weighted by Gasteiger charge is 2.48. The van der Waals surface area contributed by atoms with E-state index in [4.69, 9.17) is 5.73 Å². The van der Waals surface area contributed by atoms with Crippen molar-refractivity contribution >= 4 is 99.4 Å². The summed E-state index contributed by atoms with van der Waals surface area (Å²) in [6, 6.07) is 25.4. The molecule has 0 spiro atoms. The Morgan fingerprint density at radius 1 is 0.473 bits per heavy atom. The van der Waals surface area contributed by atoms with Gasteiger partial charge in [0, 0.05) is 123 Å². The Morgan fingerprint density at radius 2 is 0.907 bits per heavy atom. The molecule has 11 amide bonds. The van der Waals surface area contributed by atoms with E-state index in [1.54, 1.807) is 48.5 Å². The molecule has 8 aromatic rings. The molecule has 0 bridgehead atoms. The number of fused-ring (bicyclic) bond motifs is 2. The number of benzene rings is 6. The molecule has 129 heavy (non-hydrogen) atoms. The van der Waals surface area contributed by atoms with Gasteiger partial charge < -0.3 is 51.9 Å². The van der Waals surface area contributed by atoms with E-state index in [0.717, 1.165) is 65.3 Å². The standard InChI is InChI=1S/C45H46F4N8O7.C27H26F4N4O4.C19H23N3O4/c1-24-22-56(23-25(2)55(24)3)35-13-11-26(19-34(35)53-41(61)30-21-52-38(59)20-31(30)45(47,48)49)29-18-27(10-12-32(29)46)40(60)51-17-6-4-5-16-50-33-9-7-8-28-39(33)44(64)57(43(28)63)36-14-15-37(58)54-42(36)62;1-14-12-35(13-15(2)34(14)3)23-7-5-16(18-8-17(26(38)39)4-6-21(18)28)9-22(23)33-25(37)19-11-32-24(36)10-20(19)27(29,30)31;20-11-4-2-1-3-6-12-7-5-8-13-16(12)19(26)22(18(13)25)14-9-10-15(23)21-17(14)24/h7-13,18-21,24-25,36,50H,4-6,14-17,22-23H2,1-3H3,(H,51,60)(H,52,59)(H,53,61)(H,54,58,62);4-11,14-15H,12-13H2,1-3H3,(H,32,36)(H,33,37)(H,38,39);5,7-8,14H,1-4,6,9-11,20H2,(H,21,23,24)/t24-,25+,36?;14-,15+;. The minimum absolute atomic E-state index is 0.00807. The number of piperazine rings is 2. The zero-order valence-corrected chi connectivity index (χ0v) is 71.0. The molecule has 30 nitrogen and oxygen atoms in total. The van der Waals surface area contributed by atoms with Crippen LogP contribution in [0.1, 0.15) is 198 Å². The molecule has 680 valence electrons. The average Bonchev–Trinajstić information content (AvgIpc) is 1.59. The maximum atomic E-state index is 15.5. The Balaban J connectivity index is 0.000000196. The van der Waals surface area contributed by atoms with Crippen LogP contribution in [0.5, 0.6) is 0 Å². The van der Waals surface area contributed by atoms with Crippen molar-refractivity contribution in [3.63, 3.8) is 0 Å². The summed E-state index contributed by atoms with van der Waals surface area (Å²) in [5, 5.41) is 24.8. The number of aromatic nitrogens is 2. The van der Waals surface area contributed by atoms with Gasteiger partial charge in [-0.3, -0.25) is 92.6 Å². The van der Waals surface area contributed by atoms with Crippen molar-refractivity contribution < 1.29 is 97.8 Å². The number of piperidine rings is 2. The SMILES string of the molecule is C[C@@H]1CN(c2ccc(-c3cc(C(=O)NCCCCCNc4cccc5c4C(=O)N(C4CCC(=O)NC4=O)C5=O)ccc3F)cc2NC(=O)c2c[nH]c(=O)cc2C(F)(F)F)C[C@H](C)N1C.C[C@@H]1CN(c2ccc(-c3cc(C(=O)O)ccc3F)cc2NC(=O)c2c[nH]c(=O)cc2C(F)(F)F)C[C@H](C)N1C.NCCCCCCc1cccc2c1C(=O)N(C1CCC(=O)NC1=O)C2=O. The summed E-state index contributed by atoms with van der Waals surface area (Å²) in [6.45, 7) is 11.5. The normalized spacial score (nSPS) is 18.9. The zero-order chi connectivity index (χ0) is 93.4. The topological polar surface area (TPSA) is 408 Å². The van der Waals surface area contributed by atoms with Crippen LogP contribution in [-0.2, 0) is 38.0 Å². The van der Waals surface area contributed by atoms with Crippen LogP contribution in [0.4, 0.5) is 63.6 Å². The van der Waals surface area contributed by atoms with Gasteiger partial charge in [-0.05, 0) is 195 Å².